The van der Waals surface area contributed by atoms with E-state index in [1.807, 2.05) is 11.9 Å². The van der Waals surface area contributed by atoms with Gasteiger partial charge in [-0.2, -0.15) is 4.31 Å². The molecule has 0 bridgehead atoms. The van der Waals surface area contributed by atoms with Gasteiger partial charge in [0.15, 0.2) is 5.78 Å². The van der Waals surface area contributed by atoms with Crippen LogP contribution in [0.1, 0.15) is 43.0 Å². The van der Waals surface area contributed by atoms with Crippen LogP contribution in [0, 0.1) is 5.92 Å². The number of piperidine rings is 1. The van der Waals surface area contributed by atoms with Gasteiger partial charge in [-0.05, 0) is 44.7 Å². The lowest BCUT2D eigenvalue weighted by molar-refractivity contribution is -0.135. The fourth-order valence-electron chi connectivity index (χ4n) is 3.28. The molecule has 1 saturated heterocycles. The van der Waals surface area contributed by atoms with E-state index in [4.69, 9.17) is 0 Å². The molecule has 25 heavy (non-hydrogen) atoms. The third-order valence-electron chi connectivity index (χ3n) is 5.14. The van der Waals surface area contributed by atoms with E-state index in [0.29, 0.717) is 37.5 Å². The van der Waals surface area contributed by atoms with Gasteiger partial charge in [-0.3, -0.25) is 9.59 Å². The Morgan fingerprint density at radius 1 is 1.04 bits per heavy atom. The van der Waals surface area contributed by atoms with Crippen LogP contribution in [-0.2, 0) is 14.8 Å². The van der Waals surface area contributed by atoms with Gasteiger partial charge in [0.2, 0.25) is 15.9 Å². The van der Waals surface area contributed by atoms with Crippen LogP contribution in [0.3, 0.4) is 0 Å². The fraction of sp³-hybridized carbons (Fsp3) is 0.556. The molecular formula is C18H24N2O4S. The second-order valence-electron chi connectivity index (χ2n) is 6.94. The third kappa shape index (κ3) is 3.77. The van der Waals surface area contributed by atoms with Crippen molar-refractivity contribution >= 4 is 21.7 Å². The summed E-state index contributed by atoms with van der Waals surface area (Å²) in [5, 5.41) is 0. The first-order valence-corrected chi connectivity index (χ1v) is 10.1. The maximum atomic E-state index is 12.7. The standard InChI is InChI=1S/C18H24N2O4S/c1-13(21)14-3-7-17(8-4-14)25(23,24)20-11-9-15(10-12-20)18(22)19(2)16-5-6-16/h3-4,7-8,15-16H,5-6,9-12H2,1-2H3. The highest BCUT2D eigenvalue weighted by molar-refractivity contribution is 7.89. The van der Waals surface area contributed by atoms with Gasteiger partial charge in [0.1, 0.15) is 0 Å². The lowest BCUT2D eigenvalue weighted by atomic mass is 9.96. The molecular weight excluding hydrogens is 340 g/mol. The molecule has 0 atom stereocenters. The van der Waals surface area contributed by atoms with Gasteiger partial charge in [-0.25, -0.2) is 8.42 Å². The van der Waals surface area contributed by atoms with Crippen molar-refractivity contribution in [3.8, 4) is 0 Å². The molecule has 0 aromatic heterocycles. The molecule has 1 aromatic rings. The number of Topliss-reactive ketones (excluding diaryl/α,β-unsaturated/α-hetero) is 1. The van der Waals surface area contributed by atoms with E-state index in [2.05, 4.69) is 0 Å². The molecule has 6 nitrogen and oxygen atoms in total. The van der Waals surface area contributed by atoms with Crippen molar-refractivity contribution < 1.29 is 18.0 Å². The number of amides is 1. The van der Waals surface area contributed by atoms with Crippen LogP contribution in [0.25, 0.3) is 0 Å². The van der Waals surface area contributed by atoms with Gasteiger partial charge >= 0.3 is 0 Å². The molecule has 0 N–H and O–H groups in total. The Labute approximate surface area is 148 Å². The summed E-state index contributed by atoms with van der Waals surface area (Å²) in [5.41, 5.74) is 0.492. The Bertz CT molecular complexity index is 761. The van der Waals surface area contributed by atoms with Gasteiger partial charge in [-0.1, -0.05) is 12.1 Å². The van der Waals surface area contributed by atoms with Gasteiger partial charge in [0.25, 0.3) is 0 Å². The van der Waals surface area contributed by atoms with Crippen LogP contribution in [0.5, 0.6) is 0 Å². The van der Waals surface area contributed by atoms with Crippen molar-refractivity contribution in [1.29, 1.82) is 0 Å². The first kappa shape index (κ1) is 18.1. The van der Waals surface area contributed by atoms with Gasteiger partial charge in [0.05, 0.1) is 4.90 Å². The van der Waals surface area contributed by atoms with E-state index >= 15 is 0 Å². The number of rotatable bonds is 5. The van der Waals surface area contributed by atoms with Crippen LogP contribution in [0.4, 0.5) is 0 Å². The number of hydrogen-bond donors (Lipinski definition) is 0. The Hall–Kier alpha value is -1.73. The largest absolute Gasteiger partial charge is 0.343 e. The van der Waals surface area contributed by atoms with E-state index in [1.54, 1.807) is 0 Å². The SMILES string of the molecule is CC(=O)c1ccc(S(=O)(=O)N2CCC(C(=O)N(C)C3CC3)CC2)cc1. The van der Waals surface area contributed by atoms with Crippen LogP contribution in [0.2, 0.25) is 0 Å². The van der Waals surface area contributed by atoms with E-state index in [0.717, 1.165) is 12.8 Å². The summed E-state index contributed by atoms with van der Waals surface area (Å²) in [4.78, 5) is 25.8. The Balaban J connectivity index is 1.64. The highest BCUT2D eigenvalue weighted by atomic mass is 32.2. The molecule has 1 saturated carbocycles. The zero-order chi connectivity index (χ0) is 18.2. The molecule has 1 amide bonds. The molecule has 1 aromatic carbocycles. The lowest BCUT2D eigenvalue weighted by Crippen LogP contribution is -2.43. The number of sulfonamides is 1. The second-order valence-corrected chi connectivity index (χ2v) is 8.88. The van der Waals surface area contributed by atoms with Gasteiger partial charge < -0.3 is 4.90 Å². The topological polar surface area (TPSA) is 74.8 Å². The minimum absolute atomic E-state index is 0.0860. The molecule has 2 aliphatic rings. The van der Waals surface area contributed by atoms with Crippen molar-refractivity contribution in [2.24, 2.45) is 5.92 Å². The van der Waals surface area contributed by atoms with Crippen molar-refractivity contribution in [3.63, 3.8) is 0 Å². The monoisotopic (exact) mass is 364 g/mol. The zero-order valence-corrected chi connectivity index (χ0v) is 15.5. The fourth-order valence-corrected chi connectivity index (χ4v) is 4.75. The first-order valence-electron chi connectivity index (χ1n) is 8.68. The van der Waals surface area contributed by atoms with Crippen molar-refractivity contribution in [2.45, 2.75) is 43.5 Å². The zero-order valence-electron chi connectivity index (χ0n) is 14.6. The van der Waals surface area contributed by atoms with Crippen LogP contribution < -0.4 is 0 Å². The van der Waals surface area contributed by atoms with Crippen molar-refractivity contribution in [3.05, 3.63) is 29.8 Å². The minimum atomic E-state index is -3.58. The van der Waals surface area contributed by atoms with Gasteiger partial charge in [-0.15, -0.1) is 0 Å². The van der Waals surface area contributed by atoms with Crippen LogP contribution in [0.15, 0.2) is 29.2 Å². The summed E-state index contributed by atoms with van der Waals surface area (Å²) in [7, 11) is -1.73. The van der Waals surface area contributed by atoms with E-state index in [9.17, 15) is 18.0 Å². The molecule has 0 spiro atoms. The lowest BCUT2D eigenvalue weighted by Gasteiger charge is -2.32. The smallest absolute Gasteiger partial charge is 0.243 e. The molecule has 2 fully saturated rings. The minimum Gasteiger partial charge on any atom is -0.343 e. The van der Waals surface area contributed by atoms with Crippen molar-refractivity contribution in [1.82, 2.24) is 9.21 Å². The summed E-state index contributed by atoms with van der Waals surface area (Å²) in [6.45, 7) is 2.15. The Morgan fingerprint density at radius 2 is 1.60 bits per heavy atom. The maximum absolute atomic E-state index is 12.7. The number of hydrogen-bond acceptors (Lipinski definition) is 4. The van der Waals surface area contributed by atoms with Gasteiger partial charge in [0, 0.05) is 37.7 Å². The number of carbonyl (C=O) groups excluding carboxylic acids is 2. The summed E-state index contributed by atoms with van der Waals surface area (Å²) in [6, 6.07) is 6.41. The average molecular weight is 364 g/mol. The second kappa shape index (κ2) is 6.88. The normalized spacial score (nSPS) is 19.6. The van der Waals surface area contributed by atoms with Crippen molar-refractivity contribution in [2.75, 3.05) is 20.1 Å². The molecule has 1 aliphatic carbocycles. The predicted molar refractivity (Wildman–Crippen MR) is 93.7 cm³/mol. The maximum Gasteiger partial charge on any atom is 0.243 e. The molecule has 0 radical (unpaired) electrons. The third-order valence-corrected chi connectivity index (χ3v) is 7.06. The van der Waals surface area contributed by atoms with E-state index in [-0.39, 0.29) is 22.5 Å². The number of benzene rings is 1. The summed E-state index contributed by atoms with van der Waals surface area (Å²) >= 11 is 0. The molecule has 7 heteroatoms. The highest BCUT2D eigenvalue weighted by Crippen LogP contribution is 2.30. The predicted octanol–water partition coefficient (Wildman–Crippen LogP) is 1.91. The molecule has 136 valence electrons. The number of nitrogens with zero attached hydrogens (tertiary/aromatic N) is 2. The van der Waals surface area contributed by atoms with E-state index in [1.165, 1.54) is 35.5 Å². The van der Waals surface area contributed by atoms with E-state index < -0.39 is 10.0 Å². The summed E-state index contributed by atoms with van der Waals surface area (Å²) in [5.74, 6) is -0.0365. The molecule has 0 unspecified atom stereocenters. The number of ketones is 1. The molecule has 3 rings (SSSR count). The van der Waals surface area contributed by atoms with Crippen LogP contribution in [-0.4, -0.2) is 55.5 Å². The Morgan fingerprint density at radius 3 is 2.08 bits per heavy atom. The summed E-state index contributed by atoms with van der Waals surface area (Å²) < 4.78 is 26.9. The first-order chi connectivity index (χ1) is 11.8. The number of carbonyl (C=O) groups is 2. The Kier molecular flexibility index (Phi) is 4.97. The highest BCUT2D eigenvalue weighted by Gasteiger charge is 2.36. The average Bonchev–Trinajstić information content (AvgIpc) is 3.45. The molecule has 1 aliphatic heterocycles. The van der Waals surface area contributed by atoms with Crippen LogP contribution >= 0.6 is 0 Å². The quantitative estimate of drug-likeness (QED) is 0.748. The molecule has 1 heterocycles. The summed E-state index contributed by atoms with van der Waals surface area (Å²) in [6.07, 6.45) is 3.26.